The fourth-order valence-electron chi connectivity index (χ4n) is 2.80. The Labute approximate surface area is 126 Å². The molecule has 3 unspecified atom stereocenters. The van der Waals surface area contributed by atoms with Gasteiger partial charge in [-0.3, -0.25) is 4.90 Å². The number of aliphatic hydroxyl groups excluding tert-OH is 1. The van der Waals surface area contributed by atoms with Crippen molar-refractivity contribution in [3.05, 3.63) is 0 Å². The number of hydrogen-bond donors (Lipinski definition) is 1. The number of nitrogens with zero attached hydrogens (tertiary/aromatic N) is 1. The summed E-state index contributed by atoms with van der Waals surface area (Å²) in [5.74, 6) is 0.0513. The van der Waals surface area contributed by atoms with E-state index in [-0.39, 0.29) is 18.1 Å². The predicted octanol–water partition coefficient (Wildman–Crippen LogP) is 1.41. The maximum atomic E-state index is 12.3. The number of morpholine rings is 1. The van der Waals surface area contributed by atoms with Crippen LogP contribution in [0.2, 0.25) is 0 Å². The largest absolute Gasteiger partial charge is 0.444 e. The Morgan fingerprint density at radius 2 is 2.00 bits per heavy atom. The van der Waals surface area contributed by atoms with Crippen LogP contribution < -0.4 is 0 Å². The van der Waals surface area contributed by atoms with Crippen molar-refractivity contribution in [3.8, 4) is 0 Å². The van der Waals surface area contributed by atoms with Crippen molar-refractivity contribution in [1.82, 2.24) is 4.90 Å². The van der Waals surface area contributed by atoms with Gasteiger partial charge in [-0.1, -0.05) is 0 Å². The average molecular weight is 301 g/mol. The van der Waals surface area contributed by atoms with E-state index in [0.717, 1.165) is 19.4 Å². The number of hydrogen-bond acceptors (Lipinski definition) is 5. The fraction of sp³-hybridized carbons (Fsp3) is 0.933. The molecule has 1 N–H and O–H groups in total. The minimum atomic E-state index is -0.641. The molecule has 6 nitrogen and oxygen atoms in total. The predicted molar refractivity (Wildman–Crippen MR) is 77.1 cm³/mol. The molecule has 0 aromatic carbocycles. The maximum Gasteiger partial charge on any atom is 0.410 e. The molecule has 0 aliphatic carbocycles. The van der Waals surface area contributed by atoms with Gasteiger partial charge in [0.1, 0.15) is 5.60 Å². The van der Waals surface area contributed by atoms with Gasteiger partial charge in [-0.15, -0.1) is 0 Å². The highest BCUT2D eigenvalue weighted by atomic mass is 16.6. The van der Waals surface area contributed by atoms with E-state index in [1.165, 1.54) is 0 Å². The molecule has 2 aliphatic rings. The summed E-state index contributed by atoms with van der Waals surface area (Å²) in [6.07, 6.45) is 0.839. The SMILES string of the molecule is CC(C)(C)OC(=O)N1CCOCC1C(O)C1CCCOC1. The second-order valence-electron chi connectivity index (χ2n) is 6.78. The molecule has 6 heteroatoms. The lowest BCUT2D eigenvalue weighted by Gasteiger charge is -2.41. The van der Waals surface area contributed by atoms with Crippen LogP contribution in [-0.4, -0.2) is 66.8 Å². The lowest BCUT2D eigenvalue weighted by Crippen LogP contribution is -2.57. The van der Waals surface area contributed by atoms with Crippen LogP contribution in [0.3, 0.4) is 0 Å². The molecule has 0 radical (unpaired) electrons. The first-order chi connectivity index (χ1) is 9.88. The summed E-state index contributed by atoms with van der Waals surface area (Å²) in [6, 6.07) is -0.361. The maximum absolute atomic E-state index is 12.3. The van der Waals surface area contributed by atoms with E-state index in [4.69, 9.17) is 14.2 Å². The van der Waals surface area contributed by atoms with Gasteiger partial charge < -0.3 is 19.3 Å². The van der Waals surface area contributed by atoms with Crippen LogP contribution in [0.1, 0.15) is 33.6 Å². The zero-order valence-corrected chi connectivity index (χ0v) is 13.2. The van der Waals surface area contributed by atoms with E-state index in [0.29, 0.717) is 26.4 Å². The first-order valence-electron chi connectivity index (χ1n) is 7.71. The third kappa shape index (κ3) is 4.56. The molecular weight excluding hydrogens is 274 g/mol. The molecule has 2 rings (SSSR count). The molecule has 3 atom stereocenters. The Kier molecular flexibility index (Phi) is 5.46. The first-order valence-corrected chi connectivity index (χ1v) is 7.71. The minimum Gasteiger partial charge on any atom is -0.444 e. The number of carbonyl (C=O) groups is 1. The van der Waals surface area contributed by atoms with E-state index in [2.05, 4.69) is 0 Å². The van der Waals surface area contributed by atoms with Crippen LogP contribution in [0.4, 0.5) is 4.79 Å². The van der Waals surface area contributed by atoms with Crippen molar-refractivity contribution < 1.29 is 24.1 Å². The molecule has 0 aromatic rings. The molecule has 0 aromatic heterocycles. The van der Waals surface area contributed by atoms with Crippen molar-refractivity contribution in [1.29, 1.82) is 0 Å². The number of aliphatic hydroxyl groups is 1. The van der Waals surface area contributed by atoms with Gasteiger partial charge in [-0.25, -0.2) is 4.79 Å². The quantitative estimate of drug-likeness (QED) is 0.835. The highest BCUT2D eigenvalue weighted by Crippen LogP contribution is 2.25. The number of carbonyl (C=O) groups excluding carboxylic acids is 1. The molecule has 0 spiro atoms. The average Bonchev–Trinajstić information content (AvgIpc) is 2.45. The van der Waals surface area contributed by atoms with Gasteiger partial charge in [0.2, 0.25) is 0 Å². The van der Waals surface area contributed by atoms with E-state index in [1.54, 1.807) is 4.90 Å². The Bertz CT molecular complexity index is 348. The van der Waals surface area contributed by atoms with Crippen LogP contribution in [0, 0.1) is 5.92 Å². The van der Waals surface area contributed by atoms with E-state index in [1.807, 2.05) is 20.8 Å². The summed E-state index contributed by atoms with van der Waals surface area (Å²) >= 11 is 0. The summed E-state index contributed by atoms with van der Waals surface area (Å²) in [5.41, 5.74) is -0.543. The highest BCUT2D eigenvalue weighted by molar-refractivity contribution is 5.68. The molecule has 0 bridgehead atoms. The molecule has 2 saturated heterocycles. The molecule has 0 saturated carbocycles. The summed E-state index contributed by atoms with van der Waals surface area (Å²) in [5, 5.41) is 10.6. The van der Waals surface area contributed by atoms with Gasteiger partial charge in [0.25, 0.3) is 0 Å². The molecule has 1 amide bonds. The smallest absolute Gasteiger partial charge is 0.410 e. The van der Waals surface area contributed by atoms with Crippen molar-refractivity contribution in [2.45, 2.75) is 51.4 Å². The second kappa shape index (κ2) is 6.94. The molecule has 2 heterocycles. The van der Waals surface area contributed by atoms with Crippen molar-refractivity contribution in [3.63, 3.8) is 0 Å². The van der Waals surface area contributed by atoms with Crippen molar-refractivity contribution >= 4 is 6.09 Å². The van der Waals surface area contributed by atoms with Crippen LogP contribution in [0.5, 0.6) is 0 Å². The third-order valence-electron chi connectivity index (χ3n) is 3.87. The topological polar surface area (TPSA) is 68.2 Å². The van der Waals surface area contributed by atoms with Gasteiger partial charge >= 0.3 is 6.09 Å². The van der Waals surface area contributed by atoms with Crippen LogP contribution in [0.25, 0.3) is 0 Å². The molecule has 2 aliphatic heterocycles. The molecule has 2 fully saturated rings. The zero-order chi connectivity index (χ0) is 15.5. The summed E-state index contributed by atoms with van der Waals surface area (Å²) in [4.78, 5) is 13.9. The number of rotatable bonds is 2. The lowest BCUT2D eigenvalue weighted by molar-refractivity contribution is -0.0970. The summed E-state index contributed by atoms with van der Waals surface area (Å²) in [7, 11) is 0. The lowest BCUT2D eigenvalue weighted by atomic mass is 9.90. The fourth-order valence-corrected chi connectivity index (χ4v) is 2.80. The zero-order valence-electron chi connectivity index (χ0n) is 13.2. The Balaban J connectivity index is 2.02. The third-order valence-corrected chi connectivity index (χ3v) is 3.87. The van der Waals surface area contributed by atoms with Crippen molar-refractivity contribution in [2.75, 3.05) is 33.0 Å². The van der Waals surface area contributed by atoms with Gasteiger partial charge in [-0.05, 0) is 33.6 Å². The standard InChI is InChI=1S/C15H27NO5/c1-15(2,3)21-14(18)16-6-8-20-10-12(16)13(17)11-5-4-7-19-9-11/h11-13,17H,4-10H2,1-3H3. The van der Waals surface area contributed by atoms with E-state index >= 15 is 0 Å². The van der Waals surface area contributed by atoms with Gasteiger partial charge in [-0.2, -0.15) is 0 Å². The van der Waals surface area contributed by atoms with Crippen LogP contribution in [-0.2, 0) is 14.2 Å². The number of ether oxygens (including phenoxy) is 3. The molecule has 122 valence electrons. The molecular formula is C15H27NO5. The minimum absolute atomic E-state index is 0.0513. The second-order valence-corrected chi connectivity index (χ2v) is 6.78. The normalized spacial score (nSPS) is 29.0. The monoisotopic (exact) mass is 301 g/mol. The van der Waals surface area contributed by atoms with Crippen LogP contribution >= 0.6 is 0 Å². The summed E-state index contributed by atoms with van der Waals surface area (Å²) < 4.78 is 16.3. The van der Waals surface area contributed by atoms with Gasteiger partial charge in [0.05, 0.1) is 32.0 Å². The Morgan fingerprint density at radius 1 is 1.29 bits per heavy atom. The van der Waals surface area contributed by atoms with Gasteiger partial charge in [0, 0.05) is 19.1 Å². The summed E-state index contributed by atoms with van der Waals surface area (Å²) in [6.45, 7) is 8.08. The van der Waals surface area contributed by atoms with Crippen molar-refractivity contribution in [2.24, 2.45) is 5.92 Å². The molecule has 21 heavy (non-hydrogen) atoms. The van der Waals surface area contributed by atoms with Gasteiger partial charge in [0.15, 0.2) is 0 Å². The Morgan fingerprint density at radius 3 is 2.62 bits per heavy atom. The Hall–Kier alpha value is -0.850. The van der Waals surface area contributed by atoms with Crippen LogP contribution in [0.15, 0.2) is 0 Å². The van der Waals surface area contributed by atoms with E-state index < -0.39 is 11.7 Å². The van der Waals surface area contributed by atoms with E-state index in [9.17, 15) is 9.90 Å². The first kappa shape index (κ1) is 16.5. The number of amides is 1. The highest BCUT2D eigenvalue weighted by Gasteiger charge is 2.39.